The van der Waals surface area contributed by atoms with E-state index in [0.717, 1.165) is 16.7 Å². The van der Waals surface area contributed by atoms with Crippen LogP contribution in [-0.2, 0) is 0 Å². The molecular formula is C9H11BrN2O3S. The Bertz CT molecular complexity index is 394. The van der Waals surface area contributed by atoms with Crippen molar-refractivity contribution in [3.63, 3.8) is 0 Å². The molecule has 0 spiro atoms. The van der Waals surface area contributed by atoms with Gasteiger partial charge in [0, 0.05) is 17.9 Å². The molecule has 0 radical (unpaired) electrons. The summed E-state index contributed by atoms with van der Waals surface area (Å²) < 4.78 is 0. The van der Waals surface area contributed by atoms with Gasteiger partial charge in [-0.15, -0.1) is 0 Å². The maximum absolute atomic E-state index is 11.6. The van der Waals surface area contributed by atoms with E-state index in [4.69, 9.17) is 0 Å². The average Bonchev–Trinajstić information content (AvgIpc) is 2.74. The lowest BCUT2D eigenvalue weighted by atomic mass is 10.2. The normalized spacial score (nSPS) is 12.1. The molecule has 0 aromatic carbocycles. The zero-order valence-corrected chi connectivity index (χ0v) is 11.0. The fourth-order valence-electron chi connectivity index (χ4n) is 0.956. The number of alkyl halides is 1. The Labute approximate surface area is 105 Å². The number of nitrogens with zero attached hydrogens (tertiary/aromatic N) is 1. The van der Waals surface area contributed by atoms with Gasteiger partial charge in [0.25, 0.3) is 5.91 Å². The molecule has 7 heteroatoms. The lowest BCUT2D eigenvalue weighted by Gasteiger charge is -2.07. The van der Waals surface area contributed by atoms with E-state index >= 15 is 0 Å². The molecular weight excluding hydrogens is 296 g/mol. The van der Waals surface area contributed by atoms with E-state index in [0.29, 0.717) is 17.3 Å². The highest BCUT2D eigenvalue weighted by Gasteiger charge is 2.15. The molecule has 16 heavy (non-hydrogen) atoms. The van der Waals surface area contributed by atoms with E-state index in [1.807, 2.05) is 6.92 Å². The third kappa shape index (κ3) is 3.57. The van der Waals surface area contributed by atoms with Gasteiger partial charge in [0.15, 0.2) is 0 Å². The van der Waals surface area contributed by atoms with Crippen molar-refractivity contribution in [1.29, 1.82) is 0 Å². The molecule has 88 valence electrons. The summed E-state index contributed by atoms with van der Waals surface area (Å²) in [5, 5.41) is 13.9. The van der Waals surface area contributed by atoms with Crippen molar-refractivity contribution in [2.45, 2.75) is 6.92 Å². The van der Waals surface area contributed by atoms with E-state index in [2.05, 4.69) is 21.2 Å². The standard InChI is InChI=1S/C9H11BrN2O3S/c1-6(4-10)5-11-9(13)7-2-3-8(16-7)12(14)15/h2-3,6H,4-5H2,1H3,(H,11,13). The minimum atomic E-state index is -0.497. The maximum Gasteiger partial charge on any atom is 0.324 e. The quantitative estimate of drug-likeness (QED) is 0.516. The summed E-state index contributed by atoms with van der Waals surface area (Å²) >= 11 is 4.19. The number of carbonyl (C=O) groups is 1. The summed E-state index contributed by atoms with van der Waals surface area (Å²) in [6, 6.07) is 2.81. The highest BCUT2D eigenvalue weighted by molar-refractivity contribution is 9.09. The van der Waals surface area contributed by atoms with Crippen molar-refractivity contribution >= 4 is 38.2 Å². The number of hydrogen-bond acceptors (Lipinski definition) is 4. The predicted molar refractivity (Wildman–Crippen MR) is 66.3 cm³/mol. The number of carbonyl (C=O) groups excluding carboxylic acids is 1. The smallest absolute Gasteiger partial charge is 0.324 e. The minimum Gasteiger partial charge on any atom is -0.351 e. The molecule has 1 aromatic heterocycles. The van der Waals surface area contributed by atoms with Gasteiger partial charge in [0.1, 0.15) is 0 Å². The second-order valence-electron chi connectivity index (χ2n) is 3.36. The fraction of sp³-hybridized carbons (Fsp3) is 0.444. The Morgan fingerprint density at radius 1 is 1.69 bits per heavy atom. The summed E-state index contributed by atoms with van der Waals surface area (Å²) in [7, 11) is 0. The zero-order chi connectivity index (χ0) is 12.1. The van der Waals surface area contributed by atoms with Gasteiger partial charge in [-0.05, 0) is 12.0 Å². The van der Waals surface area contributed by atoms with Crippen molar-refractivity contribution in [2.75, 3.05) is 11.9 Å². The molecule has 0 bridgehead atoms. The van der Waals surface area contributed by atoms with Crippen LogP contribution in [0.3, 0.4) is 0 Å². The van der Waals surface area contributed by atoms with Gasteiger partial charge in [-0.3, -0.25) is 14.9 Å². The SMILES string of the molecule is CC(CBr)CNC(=O)c1ccc([N+](=O)[O-])s1. The molecule has 0 aliphatic rings. The van der Waals surface area contributed by atoms with E-state index in [1.54, 1.807) is 0 Å². The van der Waals surface area contributed by atoms with E-state index in [9.17, 15) is 14.9 Å². The monoisotopic (exact) mass is 306 g/mol. The van der Waals surface area contributed by atoms with Crippen LogP contribution in [0, 0.1) is 16.0 Å². The van der Waals surface area contributed by atoms with Crippen molar-refractivity contribution < 1.29 is 9.72 Å². The van der Waals surface area contributed by atoms with Crippen LogP contribution < -0.4 is 5.32 Å². The number of thiophene rings is 1. The zero-order valence-electron chi connectivity index (χ0n) is 8.60. The number of halogens is 1. The summed E-state index contributed by atoms with van der Waals surface area (Å²) in [6.45, 7) is 2.54. The number of amides is 1. The highest BCUT2D eigenvalue weighted by Crippen LogP contribution is 2.23. The first kappa shape index (κ1) is 13.1. The molecule has 1 atom stereocenters. The first-order valence-electron chi connectivity index (χ1n) is 4.63. The minimum absolute atomic E-state index is 0.0151. The summed E-state index contributed by atoms with van der Waals surface area (Å²) in [4.78, 5) is 21.9. The lowest BCUT2D eigenvalue weighted by Crippen LogP contribution is -2.28. The van der Waals surface area contributed by atoms with Gasteiger partial charge in [0.2, 0.25) is 0 Å². The van der Waals surface area contributed by atoms with Crippen molar-refractivity contribution in [3.05, 3.63) is 27.1 Å². The van der Waals surface area contributed by atoms with Crippen LogP contribution in [0.15, 0.2) is 12.1 Å². The average molecular weight is 307 g/mol. The van der Waals surface area contributed by atoms with Gasteiger partial charge in [-0.2, -0.15) is 0 Å². The maximum atomic E-state index is 11.6. The van der Waals surface area contributed by atoms with Crippen molar-refractivity contribution in [1.82, 2.24) is 5.32 Å². The molecule has 5 nitrogen and oxygen atoms in total. The van der Waals surface area contributed by atoms with Gasteiger partial charge in [0.05, 0.1) is 9.80 Å². The Kier molecular flexibility index (Phi) is 4.88. The molecule has 1 rings (SSSR count). The summed E-state index contributed by atoms with van der Waals surface area (Å²) in [6.07, 6.45) is 0. The number of hydrogen-bond donors (Lipinski definition) is 1. The largest absolute Gasteiger partial charge is 0.351 e. The van der Waals surface area contributed by atoms with Crippen LogP contribution >= 0.6 is 27.3 Å². The third-order valence-electron chi connectivity index (χ3n) is 1.87. The van der Waals surface area contributed by atoms with Crippen LogP contribution in [0.25, 0.3) is 0 Å². The molecule has 1 N–H and O–H groups in total. The molecule has 0 saturated heterocycles. The van der Waals surface area contributed by atoms with Gasteiger partial charge < -0.3 is 5.32 Å². The van der Waals surface area contributed by atoms with Crippen LogP contribution in [-0.4, -0.2) is 22.7 Å². The second kappa shape index (κ2) is 5.95. The first-order chi connectivity index (χ1) is 7.54. The Hall–Kier alpha value is -0.950. The van der Waals surface area contributed by atoms with E-state index in [1.165, 1.54) is 12.1 Å². The van der Waals surface area contributed by atoms with Gasteiger partial charge >= 0.3 is 5.00 Å². The molecule has 0 fully saturated rings. The Balaban J connectivity index is 2.56. The number of nitrogens with one attached hydrogen (secondary N) is 1. The van der Waals surface area contributed by atoms with Crippen LogP contribution in [0.2, 0.25) is 0 Å². The molecule has 1 unspecified atom stereocenters. The fourth-order valence-corrected chi connectivity index (χ4v) is 1.92. The Morgan fingerprint density at radius 2 is 2.38 bits per heavy atom. The molecule has 1 aromatic rings. The summed E-state index contributed by atoms with van der Waals surface area (Å²) in [5.74, 6) is 0.0739. The van der Waals surface area contributed by atoms with E-state index < -0.39 is 4.92 Å². The van der Waals surface area contributed by atoms with Crippen molar-refractivity contribution in [2.24, 2.45) is 5.92 Å². The number of rotatable bonds is 5. The van der Waals surface area contributed by atoms with Crippen molar-refractivity contribution in [3.8, 4) is 0 Å². The Morgan fingerprint density at radius 3 is 2.88 bits per heavy atom. The van der Waals surface area contributed by atoms with Crippen LogP contribution in [0.1, 0.15) is 16.6 Å². The number of nitro groups is 1. The molecule has 1 amide bonds. The molecule has 0 saturated carbocycles. The molecule has 0 aliphatic heterocycles. The van der Waals surface area contributed by atoms with Gasteiger partial charge in [-0.1, -0.05) is 34.2 Å². The van der Waals surface area contributed by atoms with Crippen LogP contribution in [0.5, 0.6) is 0 Å². The van der Waals surface area contributed by atoms with E-state index in [-0.39, 0.29) is 10.9 Å². The van der Waals surface area contributed by atoms with Gasteiger partial charge in [-0.25, -0.2) is 0 Å². The molecule has 0 aliphatic carbocycles. The third-order valence-corrected chi connectivity index (χ3v) is 4.01. The lowest BCUT2D eigenvalue weighted by molar-refractivity contribution is -0.380. The first-order valence-corrected chi connectivity index (χ1v) is 6.56. The second-order valence-corrected chi connectivity index (χ2v) is 5.07. The predicted octanol–water partition coefficient (Wildman–Crippen LogP) is 2.42. The topological polar surface area (TPSA) is 72.2 Å². The highest BCUT2D eigenvalue weighted by atomic mass is 79.9. The molecule has 1 heterocycles. The van der Waals surface area contributed by atoms with Crippen LogP contribution in [0.4, 0.5) is 5.00 Å². The summed E-state index contributed by atoms with van der Waals surface area (Å²) in [5.41, 5.74) is 0.